The number of likely N-dealkylation sites (N-methyl/N-ethyl adjacent to an activating group) is 1. The third-order valence-corrected chi connectivity index (χ3v) is 5.28. The first kappa shape index (κ1) is 17.4. The number of benzene rings is 2. The molecular formula is C21H21N3O3. The predicted octanol–water partition coefficient (Wildman–Crippen LogP) is 2.26. The van der Waals surface area contributed by atoms with Crippen molar-refractivity contribution < 1.29 is 14.4 Å². The molecule has 0 aromatic heterocycles. The maximum absolute atomic E-state index is 13.1. The maximum Gasteiger partial charge on any atom is 0.266 e. The summed E-state index contributed by atoms with van der Waals surface area (Å²) in [5.41, 5.74) is 1.49. The highest BCUT2D eigenvalue weighted by atomic mass is 16.2. The molecule has 2 aromatic carbocycles. The lowest BCUT2D eigenvalue weighted by molar-refractivity contribution is 0.0644. The number of fused-ring (bicyclic) bond motifs is 1. The summed E-state index contributed by atoms with van der Waals surface area (Å²) in [5, 5.41) is 0. The summed E-state index contributed by atoms with van der Waals surface area (Å²) >= 11 is 0. The van der Waals surface area contributed by atoms with Crippen molar-refractivity contribution >= 4 is 23.4 Å². The van der Waals surface area contributed by atoms with E-state index in [9.17, 15) is 14.4 Å². The average molecular weight is 363 g/mol. The summed E-state index contributed by atoms with van der Waals surface area (Å²) in [4.78, 5) is 44.0. The van der Waals surface area contributed by atoms with Crippen LogP contribution in [0.5, 0.6) is 0 Å². The molecule has 2 aromatic rings. The van der Waals surface area contributed by atoms with Crippen molar-refractivity contribution in [3.63, 3.8) is 0 Å². The van der Waals surface area contributed by atoms with Crippen LogP contribution in [0.3, 0.4) is 0 Å². The minimum atomic E-state index is -0.383. The average Bonchev–Trinajstić information content (AvgIpc) is 2.98. The molecule has 4 rings (SSSR count). The Morgan fingerprint density at radius 1 is 0.852 bits per heavy atom. The van der Waals surface area contributed by atoms with Crippen LogP contribution in [0.25, 0.3) is 0 Å². The minimum absolute atomic E-state index is 0.141. The topological polar surface area (TPSA) is 60.9 Å². The molecule has 0 atom stereocenters. The van der Waals surface area contributed by atoms with E-state index in [1.165, 1.54) is 0 Å². The number of amides is 3. The van der Waals surface area contributed by atoms with Gasteiger partial charge in [-0.05, 0) is 30.8 Å². The Labute approximate surface area is 158 Å². The van der Waals surface area contributed by atoms with E-state index < -0.39 is 0 Å². The molecule has 2 heterocycles. The minimum Gasteiger partial charge on any atom is -0.336 e. The number of imide groups is 1. The van der Waals surface area contributed by atoms with Gasteiger partial charge >= 0.3 is 0 Å². The standard InChI is InChI=1S/C21H21N3O3/c1-2-22-11-13-23(14-12-22)19(25)17-9-5-6-10-18(17)24-20(26)15-7-3-4-8-16(15)21(24)27/h3-10H,2,11-14H2,1H3. The summed E-state index contributed by atoms with van der Waals surface area (Å²) in [6.45, 7) is 6.02. The zero-order chi connectivity index (χ0) is 19.0. The zero-order valence-electron chi connectivity index (χ0n) is 15.2. The third kappa shape index (κ3) is 2.92. The van der Waals surface area contributed by atoms with Crippen molar-refractivity contribution in [2.24, 2.45) is 0 Å². The van der Waals surface area contributed by atoms with E-state index in [1.54, 1.807) is 53.4 Å². The third-order valence-electron chi connectivity index (χ3n) is 5.28. The van der Waals surface area contributed by atoms with Crippen LogP contribution in [0.2, 0.25) is 0 Å². The van der Waals surface area contributed by atoms with Crippen LogP contribution in [-0.2, 0) is 0 Å². The molecule has 6 heteroatoms. The molecule has 2 aliphatic heterocycles. The van der Waals surface area contributed by atoms with E-state index in [0.29, 0.717) is 35.5 Å². The second-order valence-corrected chi connectivity index (χ2v) is 6.73. The number of hydrogen-bond acceptors (Lipinski definition) is 4. The first-order valence-electron chi connectivity index (χ1n) is 9.20. The number of hydrogen-bond donors (Lipinski definition) is 0. The first-order valence-corrected chi connectivity index (χ1v) is 9.20. The maximum atomic E-state index is 13.1. The van der Waals surface area contributed by atoms with Crippen molar-refractivity contribution in [2.45, 2.75) is 6.92 Å². The van der Waals surface area contributed by atoms with Crippen LogP contribution in [-0.4, -0.2) is 60.2 Å². The zero-order valence-corrected chi connectivity index (χ0v) is 15.2. The van der Waals surface area contributed by atoms with E-state index in [-0.39, 0.29) is 17.7 Å². The molecule has 27 heavy (non-hydrogen) atoms. The summed E-state index contributed by atoms with van der Waals surface area (Å²) < 4.78 is 0. The molecule has 138 valence electrons. The molecule has 0 unspecified atom stereocenters. The fourth-order valence-electron chi connectivity index (χ4n) is 3.70. The van der Waals surface area contributed by atoms with Crippen LogP contribution < -0.4 is 4.90 Å². The number of piperazine rings is 1. The second-order valence-electron chi connectivity index (χ2n) is 6.73. The Hall–Kier alpha value is -2.99. The smallest absolute Gasteiger partial charge is 0.266 e. The number of anilines is 1. The fraction of sp³-hybridized carbons (Fsp3) is 0.286. The molecule has 0 bridgehead atoms. The van der Waals surface area contributed by atoms with Crippen LogP contribution in [0.4, 0.5) is 5.69 Å². The monoisotopic (exact) mass is 363 g/mol. The highest BCUT2D eigenvalue weighted by Crippen LogP contribution is 2.31. The Balaban J connectivity index is 1.66. The Morgan fingerprint density at radius 3 is 2.00 bits per heavy atom. The van der Waals surface area contributed by atoms with Crippen LogP contribution in [0.15, 0.2) is 48.5 Å². The number of carbonyl (C=O) groups is 3. The number of nitrogens with zero attached hydrogens (tertiary/aromatic N) is 3. The molecule has 2 aliphatic rings. The van der Waals surface area contributed by atoms with Gasteiger partial charge < -0.3 is 9.80 Å². The number of rotatable bonds is 3. The SMILES string of the molecule is CCN1CCN(C(=O)c2ccccc2N2C(=O)c3ccccc3C2=O)CC1. The van der Waals surface area contributed by atoms with Gasteiger partial charge in [-0.25, -0.2) is 4.90 Å². The summed E-state index contributed by atoms with van der Waals surface area (Å²) in [6, 6.07) is 13.6. The highest BCUT2D eigenvalue weighted by molar-refractivity contribution is 6.35. The van der Waals surface area contributed by atoms with Gasteiger partial charge in [-0.2, -0.15) is 0 Å². The van der Waals surface area contributed by atoms with Gasteiger partial charge in [-0.3, -0.25) is 14.4 Å². The van der Waals surface area contributed by atoms with E-state index in [1.807, 2.05) is 0 Å². The summed E-state index contributed by atoms with van der Waals surface area (Å²) in [7, 11) is 0. The van der Waals surface area contributed by atoms with Crippen molar-refractivity contribution in [3.8, 4) is 0 Å². The van der Waals surface area contributed by atoms with Crippen molar-refractivity contribution in [1.82, 2.24) is 9.80 Å². The Morgan fingerprint density at radius 2 is 1.41 bits per heavy atom. The van der Waals surface area contributed by atoms with Gasteiger partial charge in [0.2, 0.25) is 0 Å². The molecule has 3 amide bonds. The van der Waals surface area contributed by atoms with Crippen LogP contribution in [0.1, 0.15) is 38.0 Å². The normalized spacial score (nSPS) is 17.4. The van der Waals surface area contributed by atoms with Crippen LogP contribution >= 0.6 is 0 Å². The van der Waals surface area contributed by atoms with E-state index in [4.69, 9.17) is 0 Å². The fourth-order valence-corrected chi connectivity index (χ4v) is 3.70. The molecule has 1 fully saturated rings. The van der Waals surface area contributed by atoms with Gasteiger partial charge in [0.05, 0.1) is 22.4 Å². The first-order chi connectivity index (χ1) is 13.1. The van der Waals surface area contributed by atoms with Crippen molar-refractivity contribution in [3.05, 3.63) is 65.2 Å². The van der Waals surface area contributed by atoms with E-state index in [0.717, 1.165) is 24.5 Å². The van der Waals surface area contributed by atoms with Gasteiger partial charge in [-0.15, -0.1) is 0 Å². The van der Waals surface area contributed by atoms with Crippen molar-refractivity contribution in [1.29, 1.82) is 0 Å². The molecule has 0 spiro atoms. The van der Waals surface area contributed by atoms with Gasteiger partial charge in [0, 0.05) is 26.2 Å². The highest BCUT2D eigenvalue weighted by Gasteiger charge is 2.38. The predicted molar refractivity (Wildman–Crippen MR) is 102 cm³/mol. The Kier molecular flexibility index (Phi) is 4.49. The van der Waals surface area contributed by atoms with Crippen LogP contribution in [0, 0.1) is 0 Å². The molecular weight excluding hydrogens is 342 g/mol. The van der Waals surface area contributed by atoms with Gasteiger partial charge in [0.1, 0.15) is 0 Å². The largest absolute Gasteiger partial charge is 0.336 e. The lowest BCUT2D eigenvalue weighted by atomic mass is 10.1. The molecule has 0 saturated carbocycles. The number of carbonyl (C=O) groups excluding carboxylic acids is 3. The Bertz CT molecular complexity index is 881. The summed E-state index contributed by atoms with van der Waals surface area (Å²) in [5.74, 6) is -0.906. The van der Waals surface area contributed by atoms with Gasteiger partial charge in [0.15, 0.2) is 0 Å². The molecule has 1 saturated heterocycles. The van der Waals surface area contributed by atoms with Gasteiger partial charge in [0.25, 0.3) is 17.7 Å². The van der Waals surface area contributed by atoms with E-state index >= 15 is 0 Å². The lowest BCUT2D eigenvalue weighted by Crippen LogP contribution is -2.48. The quantitative estimate of drug-likeness (QED) is 0.785. The molecule has 0 N–H and O–H groups in total. The molecule has 0 aliphatic carbocycles. The summed E-state index contributed by atoms with van der Waals surface area (Å²) in [6.07, 6.45) is 0. The van der Waals surface area contributed by atoms with Crippen molar-refractivity contribution in [2.75, 3.05) is 37.6 Å². The molecule has 6 nitrogen and oxygen atoms in total. The van der Waals surface area contributed by atoms with Gasteiger partial charge in [-0.1, -0.05) is 31.2 Å². The van der Waals surface area contributed by atoms with E-state index in [2.05, 4.69) is 11.8 Å². The number of para-hydroxylation sites is 1. The second kappa shape index (κ2) is 6.96. The molecule has 0 radical (unpaired) electrons. The lowest BCUT2D eigenvalue weighted by Gasteiger charge is -2.34.